The molecule has 0 aromatic heterocycles. The summed E-state index contributed by atoms with van der Waals surface area (Å²) >= 11 is 0. The number of Topliss-reactive ketones (excluding diaryl/α,β-unsaturated/α-hetero) is 1. The zero-order valence-electron chi connectivity index (χ0n) is 12.0. The Morgan fingerprint density at radius 2 is 1.28 bits per heavy atom. The van der Waals surface area contributed by atoms with Crippen LogP contribution in [0, 0.1) is 14.4 Å². The Labute approximate surface area is 151 Å². The predicted octanol–water partition coefficient (Wildman–Crippen LogP) is 4.51. The molecule has 1 rings (SSSR count). The Morgan fingerprint density at radius 1 is 1.06 bits per heavy atom. The van der Waals surface area contributed by atoms with Crippen LogP contribution in [0.5, 0.6) is 0 Å². The molecule has 0 bridgehead atoms. The predicted molar refractivity (Wildman–Crippen MR) is 74.0 cm³/mol. The van der Waals surface area contributed by atoms with Crippen molar-refractivity contribution >= 4 is 5.78 Å². The summed E-state index contributed by atoms with van der Waals surface area (Å²) in [6, 6.07) is 12.0. The van der Waals surface area contributed by atoms with Crippen LogP contribution in [-0.4, -0.2) is 5.78 Å². The maximum absolute atomic E-state index is 10.3. The SMILES string of the molecule is C=C(CC)C(C)=O.[CH2-]C.[CH3-].[V].[Y].c1ccccc1. The third-order valence-electron chi connectivity index (χ3n) is 1.59. The molecule has 0 aliphatic rings. The largest absolute Gasteiger partial charge is 0.358 e. The van der Waals surface area contributed by atoms with Gasteiger partial charge in [0.25, 0.3) is 0 Å². The van der Waals surface area contributed by atoms with Crippen molar-refractivity contribution in [2.45, 2.75) is 27.2 Å². The molecule has 3 heteroatoms. The Kier molecular flexibility index (Phi) is 44.7. The maximum atomic E-state index is 10.3. The Balaban J connectivity index is -0.0000000480. The molecular weight excluding hydrogens is 336 g/mol. The van der Waals surface area contributed by atoms with Gasteiger partial charge >= 0.3 is 0 Å². The van der Waals surface area contributed by atoms with Gasteiger partial charge in [0.1, 0.15) is 0 Å². The van der Waals surface area contributed by atoms with Crippen LogP contribution >= 0.6 is 0 Å². The van der Waals surface area contributed by atoms with Gasteiger partial charge in [0, 0.05) is 51.3 Å². The molecule has 0 atom stereocenters. The summed E-state index contributed by atoms with van der Waals surface area (Å²) in [7, 11) is 0. The summed E-state index contributed by atoms with van der Waals surface area (Å²) in [4.78, 5) is 10.3. The van der Waals surface area contributed by atoms with Crippen LogP contribution in [0.4, 0.5) is 0 Å². The fourth-order valence-electron chi connectivity index (χ4n) is 0.634. The van der Waals surface area contributed by atoms with E-state index >= 15 is 0 Å². The quantitative estimate of drug-likeness (QED) is 0.560. The smallest absolute Gasteiger partial charge is 0.155 e. The number of rotatable bonds is 2. The van der Waals surface area contributed by atoms with E-state index in [0.29, 0.717) is 5.57 Å². The molecule has 0 spiro atoms. The number of hydrogen-bond donors (Lipinski definition) is 0. The summed E-state index contributed by atoms with van der Waals surface area (Å²) in [5.74, 6) is 0.0995. The minimum Gasteiger partial charge on any atom is -0.358 e. The van der Waals surface area contributed by atoms with Crippen LogP contribution < -0.4 is 0 Å². The fraction of sp³-hybridized carbons (Fsp3) is 0.267. The van der Waals surface area contributed by atoms with Crippen molar-refractivity contribution < 1.29 is 56.1 Å². The molecule has 0 fully saturated rings. The summed E-state index contributed by atoms with van der Waals surface area (Å²) in [5, 5.41) is 0. The van der Waals surface area contributed by atoms with E-state index < -0.39 is 0 Å². The van der Waals surface area contributed by atoms with E-state index in [1.807, 2.05) is 43.3 Å². The topological polar surface area (TPSA) is 17.1 Å². The Morgan fingerprint density at radius 3 is 1.33 bits per heavy atom. The second kappa shape index (κ2) is 26.0. The van der Waals surface area contributed by atoms with Crippen LogP contribution in [0.3, 0.4) is 0 Å². The fourth-order valence-corrected chi connectivity index (χ4v) is 0.634. The summed E-state index contributed by atoms with van der Waals surface area (Å²) in [6.07, 6.45) is 0.773. The van der Waals surface area contributed by atoms with Gasteiger partial charge in [-0.05, 0) is 18.9 Å². The third kappa shape index (κ3) is 25.2. The van der Waals surface area contributed by atoms with Crippen LogP contribution in [0.2, 0.25) is 0 Å². The molecule has 1 aromatic carbocycles. The Bertz CT molecular complexity index is 234. The molecule has 0 saturated carbocycles. The molecule has 100 valence electrons. The van der Waals surface area contributed by atoms with Gasteiger partial charge in [0.2, 0.25) is 0 Å². The first-order valence-electron chi connectivity index (χ1n) is 5.08. The van der Waals surface area contributed by atoms with Gasteiger partial charge in [-0.15, -0.1) is 0 Å². The average Bonchev–Trinajstić information content (AvgIpc) is 2.33. The van der Waals surface area contributed by atoms with Gasteiger partial charge in [0.05, 0.1) is 0 Å². The Hall–Kier alpha value is 0.318. The van der Waals surface area contributed by atoms with E-state index in [1.165, 1.54) is 6.92 Å². The molecule has 0 unspecified atom stereocenters. The molecule has 0 amide bonds. The van der Waals surface area contributed by atoms with Crippen molar-refractivity contribution in [3.63, 3.8) is 0 Å². The standard InChI is InChI=1S/C6H10O.C6H6.C2H5.CH3.V.Y/c1-4-5(2)6(3)7;1-2-4-6-5-3-1;1-2;;;/h2,4H2,1,3H3;1-6H;1H2,2H3;1H3;;/q;;2*-1;;. The van der Waals surface area contributed by atoms with E-state index in [1.54, 1.807) is 6.92 Å². The normalized spacial score (nSPS) is 6.22. The molecule has 18 heavy (non-hydrogen) atoms. The maximum Gasteiger partial charge on any atom is 0.155 e. The van der Waals surface area contributed by atoms with Gasteiger partial charge in [-0.25, -0.2) is 0 Å². The van der Waals surface area contributed by atoms with E-state index in [4.69, 9.17) is 0 Å². The first-order chi connectivity index (χ1) is 7.18. The van der Waals surface area contributed by atoms with Gasteiger partial charge in [-0.3, -0.25) is 4.79 Å². The van der Waals surface area contributed by atoms with Crippen molar-refractivity contribution in [3.8, 4) is 0 Å². The molecule has 0 saturated heterocycles. The van der Waals surface area contributed by atoms with Crippen molar-refractivity contribution in [3.05, 3.63) is 62.9 Å². The molecule has 1 aromatic rings. The molecule has 0 N–H and O–H groups in total. The zero-order valence-corrected chi connectivity index (χ0v) is 16.3. The van der Waals surface area contributed by atoms with Gasteiger partial charge in [0.15, 0.2) is 5.78 Å². The molecule has 1 nitrogen and oxygen atoms in total. The van der Waals surface area contributed by atoms with E-state index in [9.17, 15) is 4.79 Å². The first-order valence-corrected chi connectivity index (χ1v) is 5.08. The molecule has 2 radical (unpaired) electrons. The van der Waals surface area contributed by atoms with Gasteiger partial charge in [-0.1, -0.05) is 49.9 Å². The molecule has 0 aliphatic carbocycles. The second-order valence-electron chi connectivity index (χ2n) is 2.67. The number of benzene rings is 1. The minimum atomic E-state index is 0. The number of carbonyl (C=O) groups excluding carboxylic acids is 1. The number of allylic oxidation sites excluding steroid dienone is 1. The van der Waals surface area contributed by atoms with E-state index in [2.05, 4.69) is 13.5 Å². The van der Waals surface area contributed by atoms with Crippen LogP contribution in [0.25, 0.3) is 0 Å². The third-order valence-corrected chi connectivity index (χ3v) is 1.59. The van der Waals surface area contributed by atoms with E-state index in [-0.39, 0.29) is 64.5 Å². The number of carbonyl (C=O) groups is 1. The summed E-state index contributed by atoms with van der Waals surface area (Å²) < 4.78 is 0. The monoisotopic (exact) mass is 360 g/mol. The zero-order chi connectivity index (χ0) is 12.1. The van der Waals surface area contributed by atoms with Crippen molar-refractivity contribution in [1.82, 2.24) is 0 Å². The van der Waals surface area contributed by atoms with Crippen LogP contribution in [0.15, 0.2) is 48.6 Å². The summed E-state index contributed by atoms with van der Waals surface area (Å²) in [6.45, 7) is 12.0. The molecule has 0 heterocycles. The van der Waals surface area contributed by atoms with Crippen molar-refractivity contribution in [2.75, 3.05) is 0 Å². The van der Waals surface area contributed by atoms with Crippen LogP contribution in [-0.2, 0) is 56.1 Å². The average molecular weight is 360 g/mol. The molecule has 0 aliphatic heterocycles. The van der Waals surface area contributed by atoms with E-state index in [0.717, 1.165) is 6.42 Å². The number of ketones is 1. The first kappa shape index (κ1) is 31.0. The second-order valence-corrected chi connectivity index (χ2v) is 2.67. The van der Waals surface area contributed by atoms with Crippen molar-refractivity contribution in [1.29, 1.82) is 0 Å². The minimum absolute atomic E-state index is 0. The van der Waals surface area contributed by atoms with Crippen molar-refractivity contribution in [2.24, 2.45) is 0 Å². The van der Waals surface area contributed by atoms with Gasteiger partial charge < -0.3 is 14.4 Å². The number of hydrogen-bond acceptors (Lipinski definition) is 1. The molecular formula is C15H24OVY-2. The van der Waals surface area contributed by atoms with Gasteiger partial charge in [-0.2, -0.15) is 6.92 Å². The van der Waals surface area contributed by atoms with Crippen LogP contribution in [0.1, 0.15) is 27.2 Å². The summed E-state index contributed by atoms with van der Waals surface area (Å²) in [5.41, 5.74) is 0.708.